The quantitative estimate of drug-likeness (QED) is 0.0726. The van der Waals surface area contributed by atoms with Crippen LogP contribution in [0.2, 0.25) is 0 Å². The van der Waals surface area contributed by atoms with Crippen LogP contribution >= 0.6 is 0 Å². The topological polar surface area (TPSA) is 179 Å². The highest BCUT2D eigenvalue weighted by atomic mass is 16.6. The number of aromatic nitrogens is 1. The maximum Gasteiger partial charge on any atom is 0.411 e. The van der Waals surface area contributed by atoms with Gasteiger partial charge in [-0.05, 0) is 91.1 Å². The summed E-state index contributed by atoms with van der Waals surface area (Å²) < 4.78 is 5.73. The molecule has 52 heavy (non-hydrogen) atoms. The highest BCUT2D eigenvalue weighted by Gasteiger charge is 2.22. The third kappa shape index (κ3) is 9.64. The second kappa shape index (κ2) is 17.1. The van der Waals surface area contributed by atoms with Crippen LogP contribution in [0, 0.1) is 0 Å². The molecule has 0 spiro atoms. The van der Waals surface area contributed by atoms with Crippen LogP contribution in [0.1, 0.15) is 61.3 Å². The van der Waals surface area contributed by atoms with Gasteiger partial charge in [0.2, 0.25) is 11.5 Å². The number of phenolic OH excluding ortho intramolecular Hbond substituents is 1. The lowest BCUT2D eigenvalue weighted by atomic mass is 9.94. The van der Waals surface area contributed by atoms with Crippen LogP contribution in [-0.2, 0) is 22.5 Å². The first-order valence-electron chi connectivity index (χ1n) is 17.8. The van der Waals surface area contributed by atoms with Gasteiger partial charge in [-0.3, -0.25) is 14.9 Å². The van der Waals surface area contributed by atoms with Crippen LogP contribution in [0.25, 0.3) is 22.0 Å². The van der Waals surface area contributed by atoms with Gasteiger partial charge in [0.25, 0.3) is 0 Å². The van der Waals surface area contributed by atoms with E-state index >= 15 is 0 Å². The molecule has 11 nitrogen and oxygen atoms in total. The summed E-state index contributed by atoms with van der Waals surface area (Å²) in [5.74, 6) is -0.146. The second-order valence-corrected chi connectivity index (χ2v) is 13.3. The fourth-order valence-corrected chi connectivity index (χ4v) is 6.61. The number of benzene rings is 4. The van der Waals surface area contributed by atoms with E-state index in [1.807, 2.05) is 72.8 Å². The van der Waals surface area contributed by atoms with E-state index in [-0.39, 0.29) is 35.9 Å². The molecule has 0 unspecified atom stereocenters. The molecular formula is C41H45N5O6. The average Bonchev–Trinajstić information content (AvgIpc) is 3.14. The number of carbonyl (C=O) groups is 2. The number of aliphatic hydroxyl groups excluding tert-OH is 1. The molecule has 2 amide bonds. The van der Waals surface area contributed by atoms with E-state index in [4.69, 9.17) is 10.5 Å². The van der Waals surface area contributed by atoms with Gasteiger partial charge in [-0.1, -0.05) is 60.7 Å². The van der Waals surface area contributed by atoms with E-state index in [0.717, 1.165) is 47.9 Å². The Morgan fingerprint density at radius 2 is 1.63 bits per heavy atom. The number of ether oxygens (including phenoxy) is 1. The summed E-state index contributed by atoms with van der Waals surface area (Å²) in [6.07, 6.45) is 3.36. The number of aryl methyl sites for hydroxylation is 1. The van der Waals surface area contributed by atoms with Crippen molar-refractivity contribution in [1.82, 2.24) is 10.3 Å². The minimum Gasteiger partial charge on any atom is -0.506 e. The number of rotatable bonds is 13. The fraction of sp³-hybridized carbons (Fsp3) is 0.293. The molecule has 4 aromatic carbocycles. The van der Waals surface area contributed by atoms with Crippen LogP contribution in [-0.4, -0.2) is 45.9 Å². The second-order valence-electron chi connectivity index (χ2n) is 13.3. The number of fused-ring (bicyclic) bond motifs is 1. The summed E-state index contributed by atoms with van der Waals surface area (Å²) in [4.78, 5) is 40.0. The summed E-state index contributed by atoms with van der Waals surface area (Å²) in [6, 6.07) is 29.6. The van der Waals surface area contributed by atoms with Gasteiger partial charge in [0.1, 0.15) is 11.9 Å². The summed E-state index contributed by atoms with van der Waals surface area (Å²) in [5.41, 5.74) is 11.8. The lowest BCUT2D eigenvalue weighted by Gasteiger charge is -2.26. The Bertz CT molecular complexity index is 2040. The number of aromatic hydroxyl groups is 1. The maximum absolute atomic E-state index is 12.9. The number of nitrogens with two attached hydrogens (primary N) is 1. The zero-order chi connectivity index (χ0) is 36.5. The lowest BCUT2D eigenvalue weighted by molar-refractivity contribution is -0.116. The van der Waals surface area contributed by atoms with Gasteiger partial charge in [0.15, 0.2) is 0 Å². The van der Waals surface area contributed by atoms with Crippen molar-refractivity contribution >= 4 is 34.3 Å². The SMILES string of the molecule is NC1CCC(OC(=O)Nc2cc(CCCC(=O)Nc3ccc(CNC[C@H](O)c4ccc(O)c5[nH]c(=O)ccc45)cc3)ccc2-c2ccccc2)CC1. The van der Waals surface area contributed by atoms with Crippen molar-refractivity contribution in [3.05, 3.63) is 124 Å². The third-order valence-corrected chi connectivity index (χ3v) is 9.44. The number of aliphatic hydroxyl groups is 1. The number of H-pyrrole nitrogens is 1. The van der Waals surface area contributed by atoms with E-state index in [2.05, 4.69) is 20.9 Å². The Kier molecular flexibility index (Phi) is 12.0. The molecule has 1 atom stereocenters. The molecule has 0 radical (unpaired) electrons. The minimum absolute atomic E-state index is 0.0548. The first-order valence-corrected chi connectivity index (χ1v) is 17.8. The van der Waals surface area contributed by atoms with Gasteiger partial charge in [0.05, 0.1) is 17.3 Å². The molecular weight excluding hydrogens is 658 g/mol. The van der Waals surface area contributed by atoms with Gasteiger partial charge in [-0.25, -0.2) is 4.79 Å². The van der Waals surface area contributed by atoms with Crippen LogP contribution in [0.4, 0.5) is 16.2 Å². The normalized spacial score (nSPS) is 16.3. The number of hydrogen-bond acceptors (Lipinski definition) is 8. The van der Waals surface area contributed by atoms with Gasteiger partial charge in [-0.2, -0.15) is 0 Å². The maximum atomic E-state index is 12.9. The molecule has 1 aliphatic carbocycles. The standard InChI is InChI=1S/C41H45N5O6/c42-29-12-16-31(17-13-29)52-41(51)45-35-23-26(11-18-32(35)28-6-2-1-3-7-28)5-4-8-38(49)44-30-14-9-27(10-15-30)24-43-25-37(48)33-19-21-36(47)40-34(33)20-22-39(50)46-40/h1-3,6-7,9-11,14-15,18-23,29,31,37,43,47-48H,4-5,8,12-13,16-17,24-25,42H2,(H,44,49)(H,45,51)(H,46,50)/t29?,31?,37-/m0/s1. The molecule has 1 heterocycles. The van der Waals surface area contributed by atoms with Gasteiger partial charge >= 0.3 is 6.09 Å². The van der Waals surface area contributed by atoms with Crippen LogP contribution in [0.5, 0.6) is 5.75 Å². The molecule has 0 aliphatic heterocycles. The summed E-state index contributed by atoms with van der Waals surface area (Å²) >= 11 is 0. The molecule has 11 heteroatoms. The summed E-state index contributed by atoms with van der Waals surface area (Å²) in [6.45, 7) is 0.745. The van der Waals surface area contributed by atoms with Crippen LogP contribution < -0.4 is 27.2 Å². The molecule has 1 aromatic heterocycles. The molecule has 1 aliphatic rings. The average molecular weight is 704 g/mol. The van der Waals surface area contributed by atoms with Crippen molar-refractivity contribution in [2.24, 2.45) is 5.73 Å². The predicted molar refractivity (Wildman–Crippen MR) is 203 cm³/mol. The van der Waals surface area contributed by atoms with Crippen molar-refractivity contribution < 1.29 is 24.5 Å². The number of carbonyl (C=O) groups excluding carboxylic acids is 2. The van der Waals surface area contributed by atoms with Crippen molar-refractivity contribution in [2.75, 3.05) is 17.2 Å². The van der Waals surface area contributed by atoms with Gasteiger partial charge in [0, 0.05) is 48.3 Å². The van der Waals surface area contributed by atoms with E-state index in [9.17, 15) is 24.6 Å². The molecule has 0 saturated heterocycles. The number of nitrogens with one attached hydrogen (secondary N) is 4. The molecule has 6 rings (SSSR count). The van der Waals surface area contributed by atoms with Crippen molar-refractivity contribution in [1.29, 1.82) is 0 Å². The Hall–Kier alpha value is -5.49. The molecule has 270 valence electrons. The molecule has 5 aromatic rings. The monoisotopic (exact) mass is 703 g/mol. The van der Waals surface area contributed by atoms with E-state index in [1.165, 1.54) is 12.1 Å². The summed E-state index contributed by atoms with van der Waals surface area (Å²) in [7, 11) is 0. The number of amides is 2. The highest BCUT2D eigenvalue weighted by Crippen LogP contribution is 2.31. The Balaban J connectivity index is 0.975. The van der Waals surface area contributed by atoms with Crippen LogP contribution in [0.3, 0.4) is 0 Å². The first-order chi connectivity index (χ1) is 25.2. The first kappa shape index (κ1) is 36.3. The molecule has 1 saturated carbocycles. The number of anilines is 2. The van der Waals surface area contributed by atoms with Crippen LogP contribution in [0.15, 0.2) is 102 Å². The number of aromatic amines is 1. The molecule has 8 N–H and O–H groups in total. The smallest absolute Gasteiger partial charge is 0.411 e. The Morgan fingerprint density at radius 3 is 2.40 bits per heavy atom. The van der Waals surface area contributed by atoms with E-state index < -0.39 is 12.2 Å². The number of pyridine rings is 1. The minimum atomic E-state index is -0.861. The van der Waals surface area contributed by atoms with Crippen molar-refractivity contribution in [2.45, 2.75) is 69.7 Å². The lowest BCUT2D eigenvalue weighted by Crippen LogP contribution is -2.32. The van der Waals surface area contributed by atoms with Gasteiger partial charge in [-0.15, -0.1) is 0 Å². The van der Waals surface area contributed by atoms with E-state index in [1.54, 1.807) is 12.1 Å². The Labute approximate surface area is 302 Å². The number of hydrogen-bond donors (Lipinski definition) is 7. The molecule has 1 fully saturated rings. The third-order valence-electron chi connectivity index (χ3n) is 9.44. The molecule has 0 bridgehead atoms. The number of phenols is 1. The summed E-state index contributed by atoms with van der Waals surface area (Å²) in [5, 5.41) is 30.7. The van der Waals surface area contributed by atoms with Crippen molar-refractivity contribution in [3.8, 4) is 16.9 Å². The predicted octanol–water partition coefficient (Wildman–Crippen LogP) is 6.50. The van der Waals surface area contributed by atoms with E-state index in [0.29, 0.717) is 53.6 Å². The Morgan fingerprint density at radius 1 is 0.885 bits per heavy atom. The zero-order valence-corrected chi connectivity index (χ0v) is 28.9. The highest BCUT2D eigenvalue weighted by molar-refractivity contribution is 5.92. The van der Waals surface area contributed by atoms with Crippen molar-refractivity contribution in [3.63, 3.8) is 0 Å². The fourth-order valence-electron chi connectivity index (χ4n) is 6.61. The largest absolute Gasteiger partial charge is 0.506 e. The van der Waals surface area contributed by atoms with Gasteiger partial charge < -0.3 is 36.3 Å². The zero-order valence-electron chi connectivity index (χ0n) is 28.9.